The summed E-state index contributed by atoms with van der Waals surface area (Å²) in [7, 11) is 3.08. The summed E-state index contributed by atoms with van der Waals surface area (Å²) in [5, 5.41) is 9.58. The smallest absolute Gasteiger partial charge is 0.254 e. The topological polar surface area (TPSA) is 65.8 Å². The zero-order chi connectivity index (χ0) is 20.1. The van der Waals surface area contributed by atoms with Crippen LogP contribution in [0, 0.1) is 17.1 Å². The van der Waals surface area contributed by atoms with Gasteiger partial charge in [0.15, 0.2) is 0 Å². The largest absolute Gasteiger partial charge is 0.497 e. The van der Waals surface area contributed by atoms with Gasteiger partial charge in [-0.1, -0.05) is 12.1 Å². The Morgan fingerprint density at radius 2 is 1.61 bits per heavy atom. The molecular weight excluding hydrogens is 361 g/mol. The molecular formula is C21H22FN3O3. The Bertz CT molecular complexity index is 849. The summed E-state index contributed by atoms with van der Waals surface area (Å²) in [6.07, 6.45) is 0. The third-order valence-electron chi connectivity index (χ3n) is 4.87. The lowest BCUT2D eigenvalue weighted by atomic mass is 10.1. The number of halogens is 1. The van der Waals surface area contributed by atoms with E-state index in [4.69, 9.17) is 9.47 Å². The van der Waals surface area contributed by atoms with Gasteiger partial charge in [-0.05, 0) is 29.8 Å². The molecule has 1 saturated heterocycles. The monoisotopic (exact) mass is 383 g/mol. The van der Waals surface area contributed by atoms with Crippen LogP contribution in [0.25, 0.3) is 0 Å². The summed E-state index contributed by atoms with van der Waals surface area (Å²) < 4.78 is 23.6. The van der Waals surface area contributed by atoms with Gasteiger partial charge in [0, 0.05) is 37.8 Å². The van der Waals surface area contributed by atoms with E-state index in [1.54, 1.807) is 49.5 Å². The molecule has 1 aliphatic heterocycles. The van der Waals surface area contributed by atoms with E-state index >= 15 is 0 Å². The molecule has 1 unspecified atom stereocenters. The van der Waals surface area contributed by atoms with Crippen LogP contribution in [0.5, 0.6) is 11.5 Å². The SMILES string of the molecule is COc1cc(OC)cc(C(=O)N2CCN(C(C#N)c3ccc(F)cc3)CC2)c1. The molecule has 1 atom stereocenters. The number of ether oxygens (including phenoxy) is 2. The van der Waals surface area contributed by atoms with Crippen LogP contribution in [-0.2, 0) is 0 Å². The summed E-state index contributed by atoms with van der Waals surface area (Å²) in [5.41, 5.74) is 1.25. The number of hydrogen-bond acceptors (Lipinski definition) is 5. The number of hydrogen-bond donors (Lipinski definition) is 0. The molecule has 1 aliphatic rings. The molecule has 7 heteroatoms. The maximum Gasteiger partial charge on any atom is 0.254 e. The quantitative estimate of drug-likeness (QED) is 0.794. The first-order valence-electron chi connectivity index (χ1n) is 8.97. The summed E-state index contributed by atoms with van der Waals surface area (Å²) in [6, 6.07) is 12.9. The van der Waals surface area contributed by atoms with Crippen molar-refractivity contribution >= 4 is 5.91 Å². The fourth-order valence-electron chi connectivity index (χ4n) is 3.31. The van der Waals surface area contributed by atoms with Gasteiger partial charge in [-0.2, -0.15) is 5.26 Å². The number of methoxy groups -OCH3 is 2. The number of benzene rings is 2. The van der Waals surface area contributed by atoms with Gasteiger partial charge in [-0.3, -0.25) is 9.69 Å². The van der Waals surface area contributed by atoms with Gasteiger partial charge in [-0.25, -0.2) is 4.39 Å². The number of amides is 1. The van der Waals surface area contributed by atoms with Crippen molar-refractivity contribution < 1.29 is 18.7 Å². The van der Waals surface area contributed by atoms with Gasteiger partial charge in [0.2, 0.25) is 0 Å². The highest BCUT2D eigenvalue weighted by Crippen LogP contribution is 2.25. The molecule has 0 aliphatic carbocycles. The molecule has 6 nitrogen and oxygen atoms in total. The second kappa shape index (κ2) is 8.72. The summed E-state index contributed by atoms with van der Waals surface area (Å²) >= 11 is 0. The molecule has 2 aromatic rings. The van der Waals surface area contributed by atoms with Crippen molar-refractivity contribution in [1.29, 1.82) is 5.26 Å². The van der Waals surface area contributed by atoms with Crippen molar-refractivity contribution in [2.24, 2.45) is 0 Å². The van der Waals surface area contributed by atoms with Crippen LogP contribution in [0.3, 0.4) is 0 Å². The summed E-state index contributed by atoms with van der Waals surface area (Å²) in [6.45, 7) is 2.11. The molecule has 1 amide bonds. The minimum atomic E-state index is -0.463. The number of piperazine rings is 1. The summed E-state index contributed by atoms with van der Waals surface area (Å²) in [4.78, 5) is 16.6. The van der Waals surface area contributed by atoms with Crippen LogP contribution in [0.15, 0.2) is 42.5 Å². The van der Waals surface area contributed by atoms with Gasteiger partial charge >= 0.3 is 0 Å². The molecule has 146 valence electrons. The Morgan fingerprint density at radius 1 is 1.04 bits per heavy atom. The first-order chi connectivity index (χ1) is 13.5. The Hall–Kier alpha value is -3.11. The van der Waals surface area contributed by atoms with E-state index in [0.717, 1.165) is 5.56 Å². The molecule has 0 saturated carbocycles. The van der Waals surface area contributed by atoms with Gasteiger partial charge in [0.25, 0.3) is 5.91 Å². The highest BCUT2D eigenvalue weighted by atomic mass is 19.1. The first-order valence-corrected chi connectivity index (χ1v) is 8.97. The molecule has 0 radical (unpaired) electrons. The van der Waals surface area contributed by atoms with Crippen molar-refractivity contribution in [1.82, 2.24) is 9.80 Å². The highest BCUT2D eigenvalue weighted by molar-refractivity contribution is 5.95. The van der Waals surface area contributed by atoms with Crippen LogP contribution in [-0.4, -0.2) is 56.1 Å². The number of carbonyl (C=O) groups is 1. The maximum atomic E-state index is 13.1. The maximum absolute atomic E-state index is 13.1. The fourth-order valence-corrected chi connectivity index (χ4v) is 3.31. The van der Waals surface area contributed by atoms with E-state index in [1.807, 2.05) is 4.90 Å². The van der Waals surface area contributed by atoms with Crippen molar-refractivity contribution in [3.05, 3.63) is 59.4 Å². The molecule has 1 fully saturated rings. The standard InChI is InChI=1S/C21H22FN3O3/c1-27-18-11-16(12-19(13-18)28-2)21(26)25-9-7-24(8-10-25)20(14-23)15-3-5-17(22)6-4-15/h3-6,11-13,20H,7-10H2,1-2H3. The van der Waals surface area contributed by atoms with Crippen LogP contribution in [0.2, 0.25) is 0 Å². The minimum absolute atomic E-state index is 0.105. The number of nitriles is 1. The van der Waals surface area contributed by atoms with Crippen molar-refractivity contribution in [3.63, 3.8) is 0 Å². The Labute approximate surface area is 163 Å². The third-order valence-corrected chi connectivity index (χ3v) is 4.87. The normalized spacial score (nSPS) is 15.6. The fraction of sp³-hybridized carbons (Fsp3) is 0.333. The number of nitrogens with zero attached hydrogens (tertiary/aromatic N) is 3. The second-order valence-corrected chi connectivity index (χ2v) is 6.51. The van der Waals surface area contributed by atoms with Crippen LogP contribution >= 0.6 is 0 Å². The molecule has 0 aromatic heterocycles. The first kappa shape index (κ1) is 19.6. The highest BCUT2D eigenvalue weighted by Gasteiger charge is 2.28. The minimum Gasteiger partial charge on any atom is -0.497 e. The number of carbonyl (C=O) groups excluding carboxylic acids is 1. The average Bonchev–Trinajstić information content (AvgIpc) is 2.75. The van der Waals surface area contributed by atoms with E-state index in [-0.39, 0.29) is 11.7 Å². The predicted molar refractivity (Wildman–Crippen MR) is 102 cm³/mol. The van der Waals surface area contributed by atoms with Crippen molar-refractivity contribution in [2.45, 2.75) is 6.04 Å². The molecule has 1 heterocycles. The molecule has 3 rings (SSSR count). The molecule has 0 spiro atoms. The van der Waals surface area contributed by atoms with Gasteiger partial charge < -0.3 is 14.4 Å². The van der Waals surface area contributed by atoms with Crippen LogP contribution < -0.4 is 9.47 Å². The Kier molecular flexibility index (Phi) is 6.12. The zero-order valence-corrected chi connectivity index (χ0v) is 15.9. The summed E-state index contributed by atoms with van der Waals surface area (Å²) in [5.74, 6) is 0.682. The van der Waals surface area contributed by atoms with E-state index in [1.165, 1.54) is 12.1 Å². The Balaban J connectivity index is 1.68. The van der Waals surface area contributed by atoms with E-state index < -0.39 is 6.04 Å². The second-order valence-electron chi connectivity index (χ2n) is 6.51. The van der Waals surface area contributed by atoms with Crippen LogP contribution in [0.1, 0.15) is 22.0 Å². The van der Waals surface area contributed by atoms with Crippen LogP contribution in [0.4, 0.5) is 4.39 Å². The van der Waals surface area contributed by atoms with Crippen molar-refractivity contribution in [2.75, 3.05) is 40.4 Å². The Morgan fingerprint density at radius 3 is 2.11 bits per heavy atom. The van der Waals surface area contributed by atoms with Crippen molar-refractivity contribution in [3.8, 4) is 17.6 Å². The molecule has 0 N–H and O–H groups in total. The van der Waals surface area contributed by atoms with E-state index in [9.17, 15) is 14.4 Å². The lowest BCUT2D eigenvalue weighted by Crippen LogP contribution is -2.49. The molecule has 28 heavy (non-hydrogen) atoms. The predicted octanol–water partition coefficient (Wildman–Crippen LogP) is 2.87. The lowest BCUT2D eigenvalue weighted by molar-refractivity contribution is 0.0605. The molecule has 0 bridgehead atoms. The zero-order valence-electron chi connectivity index (χ0n) is 15.9. The number of rotatable bonds is 5. The van der Waals surface area contributed by atoms with E-state index in [2.05, 4.69) is 6.07 Å². The van der Waals surface area contributed by atoms with Gasteiger partial charge in [-0.15, -0.1) is 0 Å². The average molecular weight is 383 g/mol. The van der Waals surface area contributed by atoms with E-state index in [0.29, 0.717) is 43.2 Å². The third kappa shape index (κ3) is 4.24. The molecule has 2 aromatic carbocycles. The van der Waals surface area contributed by atoms with Gasteiger partial charge in [0.1, 0.15) is 23.4 Å². The lowest BCUT2D eigenvalue weighted by Gasteiger charge is -2.37. The van der Waals surface area contributed by atoms with Gasteiger partial charge in [0.05, 0.1) is 20.3 Å².